The Morgan fingerprint density at radius 3 is 2.78 bits per heavy atom. The molecule has 3 nitrogen and oxygen atoms in total. The number of aryl methyl sites for hydroxylation is 1. The van der Waals surface area contributed by atoms with Gasteiger partial charge >= 0.3 is 0 Å². The second-order valence-electron chi connectivity index (χ2n) is 4.98. The lowest BCUT2D eigenvalue weighted by Crippen LogP contribution is -2.15. The molecule has 0 fully saturated rings. The fourth-order valence-corrected chi connectivity index (χ4v) is 3.15. The fourth-order valence-electron chi connectivity index (χ4n) is 2.00. The van der Waals surface area contributed by atoms with Crippen molar-refractivity contribution in [2.45, 2.75) is 12.7 Å². The van der Waals surface area contributed by atoms with Gasteiger partial charge in [0.25, 0.3) is 0 Å². The summed E-state index contributed by atoms with van der Waals surface area (Å²) in [7, 11) is 1.56. The van der Waals surface area contributed by atoms with Crippen LogP contribution in [0.25, 0.3) is 0 Å². The van der Waals surface area contributed by atoms with Gasteiger partial charge in [0.1, 0.15) is 11.6 Å². The number of ether oxygens (including phenoxy) is 1. The van der Waals surface area contributed by atoms with Crippen LogP contribution in [0.15, 0.2) is 40.9 Å². The third-order valence-corrected chi connectivity index (χ3v) is 4.61. The molecule has 0 bridgehead atoms. The number of rotatable bonds is 6. The van der Waals surface area contributed by atoms with Crippen molar-refractivity contribution in [1.82, 2.24) is 0 Å². The summed E-state index contributed by atoms with van der Waals surface area (Å²) < 4.78 is 19.6. The van der Waals surface area contributed by atoms with Gasteiger partial charge in [-0.3, -0.25) is 4.79 Å². The smallest absolute Gasteiger partial charge is 0.234 e. The highest BCUT2D eigenvalue weighted by atomic mass is 79.9. The first-order chi connectivity index (χ1) is 11.0. The number of methoxy groups -OCH3 is 1. The van der Waals surface area contributed by atoms with Crippen molar-refractivity contribution in [3.05, 3.63) is 57.8 Å². The Kier molecular flexibility index (Phi) is 6.47. The van der Waals surface area contributed by atoms with Gasteiger partial charge in [-0.15, -0.1) is 11.8 Å². The number of carbonyl (C=O) groups is 1. The summed E-state index contributed by atoms with van der Waals surface area (Å²) in [6.07, 6.45) is 0. The Morgan fingerprint density at radius 1 is 1.30 bits per heavy atom. The van der Waals surface area contributed by atoms with Crippen LogP contribution < -0.4 is 10.1 Å². The van der Waals surface area contributed by atoms with Crippen molar-refractivity contribution in [2.75, 3.05) is 18.2 Å². The van der Waals surface area contributed by atoms with E-state index in [4.69, 9.17) is 4.74 Å². The van der Waals surface area contributed by atoms with Crippen LogP contribution in [0.1, 0.15) is 11.1 Å². The molecular formula is C17H17BrFNO2S. The van der Waals surface area contributed by atoms with Crippen molar-refractivity contribution >= 4 is 39.3 Å². The van der Waals surface area contributed by atoms with Crippen molar-refractivity contribution in [1.29, 1.82) is 0 Å². The van der Waals surface area contributed by atoms with Gasteiger partial charge in [-0.1, -0.05) is 28.1 Å². The number of hydrogen-bond acceptors (Lipinski definition) is 3. The molecule has 2 rings (SSSR count). The van der Waals surface area contributed by atoms with E-state index in [2.05, 4.69) is 21.2 Å². The molecule has 0 aliphatic heterocycles. The average Bonchev–Trinajstić information content (AvgIpc) is 2.50. The van der Waals surface area contributed by atoms with Crippen molar-refractivity contribution in [3.8, 4) is 5.75 Å². The lowest BCUT2D eigenvalue weighted by molar-refractivity contribution is -0.113. The summed E-state index contributed by atoms with van der Waals surface area (Å²) in [5.41, 5.74) is 2.26. The molecule has 0 unspecified atom stereocenters. The zero-order valence-electron chi connectivity index (χ0n) is 12.9. The molecular weight excluding hydrogens is 381 g/mol. The molecule has 2 aromatic rings. The number of halogens is 2. The fraction of sp³-hybridized carbons (Fsp3) is 0.235. The molecule has 0 saturated heterocycles. The molecule has 0 radical (unpaired) electrons. The maximum absolute atomic E-state index is 13.7. The van der Waals surface area contributed by atoms with E-state index in [1.54, 1.807) is 19.2 Å². The number of nitrogens with one attached hydrogen (secondary N) is 1. The van der Waals surface area contributed by atoms with E-state index < -0.39 is 0 Å². The Labute approximate surface area is 147 Å². The third-order valence-electron chi connectivity index (χ3n) is 3.13. The van der Waals surface area contributed by atoms with Gasteiger partial charge in [0.2, 0.25) is 5.91 Å². The number of hydrogen-bond donors (Lipinski definition) is 1. The molecule has 122 valence electrons. The van der Waals surface area contributed by atoms with Crippen LogP contribution in [0.3, 0.4) is 0 Å². The Balaban J connectivity index is 1.89. The molecule has 1 N–H and O–H groups in total. The molecule has 1 amide bonds. The second-order valence-corrected chi connectivity index (χ2v) is 6.88. The zero-order chi connectivity index (χ0) is 16.8. The highest BCUT2D eigenvalue weighted by Crippen LogP contribution is 2.26. The molecule has 0 spiro atoms. The van der Waals surface area contributed by atoms with Crippen LogP contribution in [0.4, 0.5) is 10.1 Å². The molecule has 0 aliphatic carbocycles. The number of benzene rings is 2. The molecule has 23 heavy (non-hydrogen) atoms. The van der Waals surface area contributed by atoms with E-state index in [0.717, 1.165) is 5.56 Å². The minimum absolute atomic E-state index is 0.142. The highest BCUT2D eigenvalue weighted by molar-refractivity contribution is 9.10. The Hall–Kier alpha value is -1.53. The first kappa shape index (κ1) is 17.8. The van der Waals surface area contributed by atoms with Crippen LogP contribution in [0.2, 0.25) is 0 Å². The first-order valence-corrected chi connectivity index (χ1v) is 8.90. The second kappa shape index (κ2) is 8.36. The molecule has 2 aromatic carbocycles. The van der Waals surface area contributed by atoms with E-state index in [9.17, 15) is 9.18 Å². The standard InChI is InChI=1S/C17H17BrFNO2S/c1-11-3-6-16(22-2)15(7-11)20-17(21)10-23-9-12-4-5-13(18)8-14(12)19/h3-8H,9-10H2,1-2H3,(H,20,21). The lowest BCUT2D eigenvalue weighted by Gasteiger charge is -2.11. The predicted octanol–water partition coefficient (Wildman–Crippen LogP) is 4.78. The molecule has 0 atom stereocenters. The van der Waals surface area contributed by atoms with E-state index in [0.29, 0.717) is 27.2 Å². The molecule has 0 aromatic heterocycles. The minimum Gasteiger partial charge on any atom is -0.495 e. The van der Waals surface area contributed by atoms with Crippen LogP contribution in [-0.2, 0) is 10.5 Å². The first-order valence-electron chi connectivity index (χ1n) is 6.95. The van der Waals surface area contributed by atoms with Gasteiger partial charge in [-0.2, -0.15) is 0 Å². The van der Waals surface area contributed by atoms with Crippen LogP contribution in [0, 0.1) is 12.7 Å². The van der Waals surface area contributed by atoms with Gasteiger partial charge in [-0.05, 0) is 42.3 Å². The molecule has 6 heteroatoms. The summed E-state index contributed by atoms with van der Waals surface area (Å²) in [6.45, 7) is 1.94. The SMILES string of the molecule is COc1ccc(C)cc1NC(=O)CSCc1ccc(Br)cc1F. The monoisotopic (exact) mass is 397 g/mol. The van der Waals surface area contributed by atoms with E-state index in [1.807, 2.05) is 25.1 Å². The normalized spacial score (nSPS) is 10.4. The van der Waals surface area contributed by atoms with E-state index in [-0.39, 0.29) is 17.5 Å². The maximum Gasteiger partial charge on any atom is 0.234 e. The summed E-state index contributed by atoms with van der Waals surface area (Å²) in [5, 5.41) is 2.83. The number of amides is 1. The molecule has 0 saturated carbocycles. The number of thioether (sulfide) groups is 1. The van der Waals surface area contributed by atoms with Crippen LogP contribution in [-0.4, -0.2) is 18.8 Å². The quantitative estimate of drug-likeness (QED) is 0.762. The van der Waals surface area contributed by atoms with Gasteiger partial charge < -0.3 is 10.1 Å². The number of anilines is 1. The predicted molar refractivity (Wildman–Crippen MR) is 96.6 cm³/mol. The average molecular weight is 398 g/mol. The zero-order valence-corrected chi connectivity index (χ0v) is 15.3. The van der Waals surface area contributed by atoms with E-state index in [1.165, 1.54) is 17.8 Å². The van der Waals surface area contributed by atoms with Gasteiger partial charge in [0.05, 0.1) is 18.6 Å². The highest BCUT2D eigenvalue weighted by Gasteiger charge is 2.09. The lowest BCUT2D eigenvalue weighted by atomic mass is 10.2. The van der Waals surface area contributed by atoms with Gasteiger partial charge in [0.15, 0.2) is 0 Å². The van der Waals surface area contributed by atoms with Gasteiger partial charge in [0, 0.05) is 10.2 Å². The summed E-state index contributed by atoms with van der Waals surface area (Å²) in [5.74, 6) is 0.890. The summed E-state index contributed by atoms with van der Waals surface area (Å²) in [6, 6.07) is 10.5. The maximum atomic E-state index is 13.7. The Bertz CT molecular complexity index is 709. The van der Waals surface area contributed by atoms with Crippen molar-refractivity contribution < 1.29 is 13.9 Å². The summed E-state index contributed by atoms with van der Waals surface area (Å²) in [4.78, 5) is 12.0. The topological polar surface area (TPSA) is 38.3 Å². The Morgan fingerprint density at radius 2 is 2.09 bits per heavy atom. The molecule has 0 aliphatic rings. The number of carbonyl (C=O) groups excluding carboxylic acids is 1. The molecule has 0 heterocycles. The van der Waals surface area contributed by atoms with Gasteiger partial charge in [-0.25, -0.2) is 4.39 Å². The summed E-state index contributed by atoms with van der Waals surface area (Å²) >= 11 is 4.58. The van der Waals surface area contributed by atoms with Crippen LogP contribution >= 0.6 is 27.7 Å². The van der Waals surface area contributed by atoms with Crippen molar-refractivity contribution in [2.24, 2.45) is 0 Å². The van der Waals surface area contributed by atoms with Crippen molar-refractivity contribution in [3.63, 3.8) is 0 Å². The largest absolute Gasteiger partial charge is 0.495 e. The third kappa shape index (κ3) is 5.25. The van der Waals surface area contributed by atoms with E-state index >= 15 is 0 Å². The van der Waals surface area contributed by atoms with Crippen LogP contribution in [0.5, 0.6) is 5.75 Å². The minimum atomic E-state index is -0.271.